The molecule has 0 radical (unpaired) electrons. The lowest BCUT2D eigenvalue weighted by molar-refractivity contribution is 0.365. The predicted molar refractivity (Wildman–Crippen MR) is 74.9 cm³/mol. The van der Waals surface area contributed by atoms with E-state index >= 15 is 0 Å². The highest BCUT2D eigenvalue weighted by Gasteiger charge is 2.20. The quantitative estimate of drug-likeness (QED) is 0.924. The number of nitrogens with one attached hydrogen (secondary N) is 1. The molecule has 2 aromatic rings. The summed E-state index contributed by atoms with van der Waals surface area (Å²) in [6.07, 6.45) is 2.84. The van der Waals surface area contributed by atoms with Gasteiger partial charge in [0.2, 0.25) is 5.89 Å². The zero-order valence-corrected chi connectivity index (χ0v) is 11.6. The molecule has 1 saturated heterocycles. The van der Waals surface area contributed by atoms with Crippen molar-refractivity contribution in [1.29, 1.82) is 0 Å². The molecule has 0 saturated carbocycles. The fraction of sp³-hybridized carbons (Fsp3) is 0.467. The van der Waals surface area contributed by atoms with Crippen molar-refractivity contribution in [3.8, 4) is 5.75 Å². The molecule has 2 heterocycles. The van der Waals surface area contributed by atoms with Crippen LogP contribution in [0.5, 0.6) is 5.75 Å². The average molecular weight is 273 g/mol. The Morgan fingerprint density at radius 3 is 2.70 bits per heavy atom. The molecule has 1 aliphatic rings. The minimum absolute atomic E-state index is 0.435. The Morgan fingerprint density at radius 1 is 1.25 bits per heavy atom. The van der Waals surface area contributed by atoms with Crippen LogP contribution in [0.3, 0.4) is 0 Å². The summed E-state index contributed by atoms with van der Waals surface area (Å²) >= 11 is 0. The number of aromatic nitrogens is 2. The summed E-state index contributed by atoms with van der Waals surface area (Å²) in [5.41, 5.74) is 1.14. The first kappa shape index (κ1) is 13.1. The predicted octanol–water partition coefficient (Wildman–Crippen LogP) is 2.14. The smallest absolute Gasteiger partial charge is 0.231 e. The Bertz CT molecular complexity index is 545. The third-order valence-electron chi connectivity index (χ3n) is 3.70. The third-order valence-corrected chi connectivity index (χ3v) is 3.70. The normalized spacial score (nSPS) is 16.2. The summed E-state index contributed by atoms with van der Waals surface area (Å²) in [7, 11) is 1.66. The molecular formula is C15H19N3O2. The fourth-order valence-corrected chi connectivity index (χ4v) is 2.50. The molecule has 106 valence electrons. The Kier molecular flexibility index (Phi) is 3.97. The van der Waals surface area contributed by atoms with E-state index in [-0.39, 0.29) is 0 Å². The molecule has 3 rings (SSSR count). The van der Waals surface area contributed by atoms with E-state index in [9.17, 15) is 0 Å². The van der Waals surface area contributed by atoms with E-state index < -0.39 is 0 Å². The van der Waals surface area contributed by atoms with Crippen LogP contribution in [-0.2, 0) is 6.42 Å². The molecule has 20 heavy (non-hydrogen) atoms. The van der Waals surface area contributed by atoms with Crippen LogP contribution < -0.4 is 10.1 Å². The molecule has 1 fully saturated rings. The summed E-state index contributed by atoms with van der Waals surface area (Å²) in [6.45, 7) is 2.07. The van der Waals surface area contributed by atoms with Gasteiger partial charge in [-0.05, 0) is 43.6 Å². The lowest BCUT2D eigenvalue weighted by Crippen LogP contribution is -2.27. The molecule has 1 aromatic carbocycles. The van der Waals surface area contributed by atoms with E-state index in [0.29, 0.717) is 18.2 Å². The maximum atomic E-state index is 5.37. The molecule has 0 bridgehead atoms. The number of ether oxygens (including phenoxy) is 1. The van der Waals surface area contributed by atoms with Gasteiger partial charge in [-0.3, -0.25) is 0 Å². The molecule has 5 heteroatoms. The van der Waals surface area contributed by atoms with Crippen LogP contribution in [0.2, 0.25) is 0 Å². The van der Waals surface area contributed by atoms with Gasteiger partial charge >= 0.3 is 0 Å². The Hall–Kier alpha value is -1.88. The molecule has 0 unspecified atom stereocenters. The van der Waals surface area contributed by atoms with Crippen LogP contribution in [0.1, 0.15) is 36.0 Å². The molecule has 0 aliphatic carbocycles. The van der Waals surface area contributed by atoms with Gasteiger partial charge in [0.15, 0.2) is 5.82 Å². The first-order valence-electron chi connectivity index (χ1n) is 7.01. The molecular weight excluding hydrogens is 254 g/mol. The third kappa shape index (κ3) is 2.99. The topological polar surface area (TPSA) is 60.2 Å². The van der Waals surface area contributed by atoms with Crippen LogP contribution >= 0.6 is 0 Å². The van der Waals surface area contributed by atoms with Crippen molar-refractivity contribution in [2.24, 2.45) is 0 Å². The van der Waals surface area contributed by atoms with E-state index in [2.05, 4.69) is 15.5 Å². The molecule has 1 N–H and O–H groups in total. The van der Waals surface area contributed by atoms with Gasteiger partial charge in [0, 0.05) is 5.92 Å². The number of hydrogen-bond donors (Lipinski definition) is 1. The highest BCUT2D eigenvalue weighted by Crippen LogP contribution is 2.23. The zero-order chi connectivity index (χ0) is 13.8. The second-order valence-electron chi connectivity index (χ2n) is 5.10. The maximum absolute atomic E-state index is 5.37. The maximum Gasteiger partial charge on any atom is 0.231 e. The fourth-order valence-electron chi connectivity index (χ4n) is 2.50. The van der Waals surface area contributed by atoms with Crippen molar-refractivity contribution in [3.05, 3.63) is 41.5 Å². The Morgan fingerprint density at radius 2 is 2.00 bits per heavy atom. The van der Waals surface area contributed by atoms with Gasteiger partial charge < -0.3 is 14.6 Å². The molecule has 0 amide bonds. The summed E-state index contributed by atoms with van der Waals surface area (Å²) in [4.78, 5) is 4.53. The summed E-state index contributed by atoms with van der Waals surface area (Å²) < 4.78 is 10.5. The monoisotopic (exact) mass is 273 g/mol. The molecule has 0 atom stereocenters. The number of rotatable bonds is 4. The number of nitrogens with zero attached hydrogens (tertiary/aromatic N) is 2. The zero-order valence-electron chi connectivity index (χ0n) is 11.6. The van der Waals surface area contributed by atoms with Crippen molar-refractivity contribution in [1.82, 2.24) is 15.5 Å². The van der Waals surface area contributed by atoms with Crippen LogP contribution in [-0.4, -0.2) is 30.3 Å². The van der Waals surface area contributed by atoms with Gasteiger partial charge in [0.05, 0.1) is 13.5 Å². The standard InChI is InChI=1S/C15H19N3O2/c1-19-13-4-2-11(3-5-13)10-14-17-15(18-20-14)12-6-8-16-9-7-12/h2-5,12,16H,6-10H2,1H3. The van der Waals surface area contributed by atoms with Gasteiger partial charge in [0.1, 0.15) is 5.75 Å². The number of methoxy groups -OCH3 is 1. The molecule has 1 aromatic heterocycles. The van der Waals surface area contributed by atoms with E-state index in [0.717, 1.165) is 43.1 Å². The minimum Gasteiger partial charge on any atom is -0.497 e. The lowest BCUT2D eigenvalue weighted by atomic mass is 9.98. The van der Waals surface area contributed by atoms with Gasteiger partial charge in [-0.2, -0.15) is 4.98 Å². The van der Waals surface area contributed by atoms with Crippen molar-refractivity contribution < 1.29 is 9.26 Å². The van der Waals surface area contributed by atoms with Crippen LogP contribution in [0.15, 0.2) is 28.8 Å². The van der Waals surface area contributed by atoms with Crippen molar-refractivity contribution in [2.45, 2.75) is 25.2 Å². The number of piperidine rings is 1. The van der Waals surface area contributed by atoms with Gasteiger partial charge in [-0.25, -0.2) is 0 Å². The van der Waals surface area contributed by atoms with E-state index in [1.807, 2.05) is 24.3 Å². The minimum atomic E-state index is 0.435. The average Bonchev–Trinajstić information content (AvgIpc) is 2.97. The van der Waals surface area contributed by atoms with Crippen molar-refractivity contribution in [2.75, 3.05) is 20.2 Å². The lowest BCUT2D eigenvalue weighted by Gasteiger charge is -2.18. The van der Waals surface area contributed by atoms with E-state index in [1.54, 1.807) is 7.11 Å². The van der Waals surface area contributed by atoms with Crippen molar-refractivity contribution in [3.63, 3.8) is 0 Å². The largest absolute Gasteiger partial charge is 0.497 e. The second-order valence-corrected chi connectivity index (χ2v) is 5.10. The van der Waals surface area contributed by atoms with E-state index in [4.69, 9.17) is 9.26 Å². The summed E-state index contributed by atoms with van der Waals surface area (Å²) in [5.74, 6) is 2.83. The van der Waals surface area contributed by atoms with Gasteiger partial charge in [-0.1, -0.05) is 17.3 Å². The van der Waals surface area contributed by atoms with E-state index in [1.165, 1.54) is 0 Å². The second kappa shape index (κ2) is 6.05. The van der Waals surface area contributed by atoms with Crippen LogP contribution in [0, 0.1) is 0 Å². The van der Waals surface area contributed by atoms with Crippen LogP contribution in [0.25, 0.3) is 0 Å². The van der Waals surface area contributed by atoms with Gasteiger partial charge in [-0.15, -0.1) is 0 Å². The number of benzene rings is 1. The highest BCUT2D eigenvalue weighted by molar-refractivity contribution is 5.28. The first-order valence-corrected chi connectivity index (χ1v) is 7.01. The van der Waals surface area contributed by atoms with Crippen molar-refractivity contribution >= 4 is 0 Å². The highest BCUT2D eigenvalue weighted by atomic mass is 16.5. The summed E-state index contributed by atoms with van der Waals surface area (Å²) in [5, 5.41) is 7.48. The molecule has 0 spiro atoms. The first-order chi connectivity index (χ1) is 9.85. The Balaban J connectivity index is 1.66. The van der Waals surface area contributed by atoms with Gasteiger partial charge in [0.25, 0.3) is 0 Å². The SMILES string of the molecule is COc1ccc(Cc2nc(C3CCNCC3)no2)cc1. The molecule has 1 aliphatic heterocycles. The van der Waals surface area contributed by atoms with Crippen LogP contribution in [0.4, 0.5) is 0 Å². The Labute approximate surface area is 118 Å². The molecule has 5 nitrogen and oxygen atoms in total. The summed E-state index contributed by atoms with van der Waals surface area (Å²) in [6, 6.07) is 7.93. The number of hydrogen-bond acceptors (Lipinski definition) is 5.